The average molecular weight is 238 g/mol. The lowest BCUT2D eigenvalue weighted by atomic mass is 9.79. The van der Waals surface area contributed by atoms with Gasteiger partial charge in [-0.15, -0.1) is 0 Å². The highest BCUT2D eigenvalue weighted by molar-refractivity contribution is 5.84. The molecule has 0 spiro atoms. The van der Waals surface area contributed by atoms with Gasteiger partial charge in [-0.25, -0.2) is 0 Å². The molecule has 0 unspecified atom stereocenters. The Morgan fingerprint density at radius 2 is 2.24 bits per heavy atom. The van der Waals surface area contributed by atoms with Gasteiger partial charge in [0.05, 0.1) is 5.41 Å². The van der Waals surface area contributed by atoms with Crippen molar-refractivity contribution in [2.24, 2.45) is 17.1 Å². The molecule has 3 nitrogen and oxygen atoms in total. The number of nitrogens with zero attached hydrogens (tertiary/aromatic N) is 1. The van der Waals surface area contributed by atoms with Gasteiger partial charge in [0.15, 0.2) is 0 Å². The lowest BCUT2D eigenvalue weighted by Gasteiger charge is -2.30. The van der Waals surface area contributed by atoms with Crippen LogP contribution in [0.15, 0.2) is 12.3 Å². The van der Waals surface area contributed by atoms with Crippen molar-refractivity contribution in [1.29, 1.82) is 0 Å². The van der Waals surface area contributed by atoms with Crippen molar-refractivity contribution in [3.63, 3.8) is 0 Å². The van der Waals surface area contributed by atoms with Crippen molar-refractivity contribution >= 4 is 5.91 Å². The molecule has 3 heteroatoms. The van der Waals surface area contributed by atoms with E-state index in [0.717, 1.165) is 44.5 Å². The van der Waals surface area contributed by atoms with Crippen LogP contribution in [0.4, 0.5) is 0 Å². The highest BCUT2D eigenvalue weighted by Crippen LogP contribution is 2.43. The Morgan fingerprint density at radius 3 is 2.71 bits per heavy atom. The molecule has 17 heavy (non-hydrogen) atoms. The molecule has 0 radical (unpaired) electrons. The molecule has 1 aliphatic rings. The Morgan fingerprint density at radius 1 is 1.59 bits per heavy atom. The van der Waals surface area contributed by atoms with Crippen LogP contribution >= 0.6 is 0 Å². The van der Waals surface area contributed by atoms with Crippen molar-refractivity contribution in [2.45, 2.75) is 46.5 Å². The Hall–Kier alpha value is -0.990. The molecule has 0 aromatic rings. The molecule has 1 fully saturated rings. The summed E-state index contributed by atoms with van der Waals surface area (Å²) < 4.78 is 0. The van der Waals surface area contributed by atoms with Gasteiger partial charge in [-0.2, -0.15) is 0 Å². The predicted molar refractivity (Wildman–Crippen MR) is 71.3 cm³/mol. The Kier molecular flexibility index (Phi) is 4.61. The second-order valence-electron chi connectivity index (χ2n) is 5.59. The SMILES string of the molecule is C=C1N(CC(C)C)CC[C@]1(CCCC)C(N)=O. The standard InChI is InChI=1S/C14H26N2O/c1-5-6-7-14(13(15)17)8-9-16(12(14)4)10-11(2)3/h11H,4-10H2,1-3H3,(H2,15,17)/t14-/m0/s1. The molecule has 1 aliphatic heterocycles. The maximum atomic E-state index is 11.8. The van der Waals surface area contributed by atoms with Crippen molar-refractivity contribution in [2.75, 3.05) is 13.1 Å². The van der Waals surface area contributed by atoms with Crippen molar-refractivity contribution in [3.05, 3.63) is 12.3 Å². The van der Waals surface area contributed by atoms with Crippen LogP contribution in [0.3, 0.4) is 0 Å². The molecule has 98 valence electrons. The highest BCUT2D eigenvalue weighted by atomic mass is 16.1. The average Bonchev–Trinajstić information content (AvgIpc) is 2.55. The number of likely N-dealkylation sites (tertiary alicyclic amines) is 1. The van der Waals surface area contributed by atoms with E-state index >= 15 is 0 Å². The number of hydrogen-bond donors (Lipinski definition) is 1. The van der Waals surface area contributed by atoms with Crippen molar-refractivity contribution in [1.82, 2.24) is 4.90 Å². The second-order valence-corrected chi connectivity index (χ2v) is 5.59. The minimum atomic E-state index is -0.467. The van der Waals surface area contributed by atoms with Gasteiger partial charge in [0.25, 0.3) is 0 Å². The monoisotopic (exact) mass is 238 g/mol. The van der Waals surface area contributed by atoms with E-state index < -0.39 is 5.41 Å². The lowest BCUT2D eigenvalue weighted by Crippen LogP contribution is -2.38. The molecule has 1 rings (SSSR count). The molecule has 0 aromatic carbocycles. The van der Waals surface area contributed by atoms with E-state index in [1.807, 2.05) is 0 Å². The van der Waals surface area contributed by atoms with Gasteiger partial charge < -0.3 is 10.6 Å². The smallest absolute Gasteiger partial charge is 0.229 e. The van der Waals surface area contributed by atoms with Crippen LogP contribution in [0.2, 0.25) is 0 Å². The van der Waals surface area contributed by atoms with Crippen molar-refractivity contribution < 1.29 is 4.79 Å². The summed E-state index contributed by atoms with van der Waals surface area (Å²) in [4.78, 5) is 14.0. The number of rotatable bonds is 6. The fraction of sp³-hybridized carbons (Fsp3) is 0.786. The zero-order valence-electron chi connectivity index (χ0n) is 11.5. The highest BCUT2D eigenvalue weighted by Gasteiger charge is 2.45. The fourth-order valence-corrected chi connectivity index (χ4v) is 2.69. The van der Waals surface area contributed by atoms with Crippen LogP contribution in [0, 0.1) is 11.3 Å². The maximum Gasteiger partial charge on any atom is 0.229 e. The van der Waals surface area contributed by atoms with Gasteiger partial charge in [-0.05, 0) is 18.8 Å². The van der Waals surface area contributed by atoms with E-state index in [1.54, 1.807) is 0 Å². The second kappa shape index (κ2) is 5.56. The topological polar surface area (TPSA) is 46.3 Å². The van der Waals surface area contributed by atoms with Gasteiger partial charge in [0.2, 0.25) is 5.91 Å². The van der Waals surface area contributed by atoms with E-state index in [4.69, 9.17) is 5.73 Å². The number of amides is 1. The molecule has 0 bridgehead atoms. The van der Waals surface area contributed by atoms with E-state index in [1.165, 1.54) is 0 Å². The molecule has 0 saturated carbocycles. The molecule has 1 saturated heterocycles. The quantitative estimate of drug-likeness (QED) is 0.773. The third kappa shape index (κ3) is 2.82. The summed E-state index contributed by atoms with van der Waals surface area (Å²) in [5.41, 5.74) is 6.11. The Balaban J connectivity index is 2.80. The molecular formula is C14H26N2O. The molecular weight excluding hydrogens is 212 g/mol. The molecule has 1 atom stereocenters. The number of hydrogen-bond acceptors (Lipinski definition) is 2. The van der Waals surface area contributed by atoms with Crippen LogP contribution in [0.25, 0.3) is 0 Å². The zero-order valence-corrected chi connectivity index (χ0v) is 11.5. The van der Waals surface area contributed by atoms with Crippen LogP contribution in [0.5, 0.6) is 0 Å². The van der Waals surface area contributed by atoms with Gasteiger partial charge >= 0.3 is 0 Å². The number of nitrogens with two attached hydrogens (primary N) is 1. The number of primary amides is 1. The van der Waals surface area contributed by atoms with Gasteiger partial charge in [-0.1, -0.05) is 40.2 Å². The summed E-state index contributed by atoms with van der Waals surface area (Å²) in [6.45, 7) is 12.5. The summed E-state index contributed by atoms with van der Waals surface area (Å²) in [7, 11) is 0. The summed E-state index contributed by atoms with van der Waals surface area (Å²) in [5, 5.41) is 0. The Bertz CT molecular complexity index is 299. The first-order chi connectivity index (χ1) is 7.94. The summed E-state index contributed by atoms with van der Waals surface area (Å²) in [5.74, 6) is 0.392. The third-order valence-electron chi connectivity index (χ3n) is 3.76. The minimum Gasteiger partial charge on any atom is -0.374 e. The van der Waals surface area contributed by atoms with Crippen LogP contribution in [-0.2, 0) is 4.79 Å². The van der Waals surface area contributed by atoms with Gasteiger partial charge in [-0.3, -0.25) is 4.79 Å². The third-order valence-corrected chi connectivity index (χ3v) is 3.76. The molecule has 1 amide bonds. The van der Waals surface area contributed by atoms with Crippen LogP contribution < -0.4 is 5.73 Å². The Labute approximate surface area is 105 Å². The normalized spacial score (nSPS) is 24.7. The van der Waals surface area contributed by atoms with Crippen molar-refractivity contribution in [3.8, 4) is 0 Å². The van der Waals surface area contributed by atoms with Crippen LogP contribution in [0.1, 0.15) is 46.5 Å². The summed E-state index contributed by atoms with van der Waals surface area (Å²) in [6, 6.07) is 0. The summed E-state index contributed by atoms with van der Waals surface area (Å²) in [6.07, 6.45) is 3.82. The first-order valence-corrected chi connectivity index (χ1v) is 6.68. The van der Waals surface area contributed by atoms with E-state index in [2.05, 4.69) is 32.3 Å². The number of carbonyl (C=O) groups excluding carboxylic acids is 1. The van der Waals surface area contributed by atoms with E-state index in [-0.39, 0.29) is 5.91 Å². The maximum absolute atomic E-state index is 11.8. The number of carbonyl (C=O) groups is 1. The fourth-order valence-electron chi connectivity index (χ4n) is 2.69. The molecule has 2 N–H and O–H groups in total. The lowest BCUT2D eigenvalue weighted by molar-refractivity contribution is -0.126. The van der Waals surface area contributed by atoms with Gasteiger partial charge in [0.1, 0.15) is 0 Å². The zero-order chi connectivity index (χ0) is 13.1. The molecule has 1 heterocycles. The minimum absolute atomic E-state index is 0.192. The summed E-state index contributed by atoms with van der Waals surface area (Å²) >= 11 is 0. The first kappa shape index (κ1) is 14.1. The first-order valence-electron chi connectivity index (χ1n) is 6.68. The van der Waals surface area contributed by atoms with Gasteiger partial charge in [0, 0.05) is 18.8 Å². The van der Waals surface area contributed by atoms with E-state index in [0.29, 0.717) is 5.92 Å². The number of unbranched alkanes of at least 4 members (excludes halogenated alkanes) is 1. The predicted octanol–water partition coefficient (Wildman–Crippen LogP) is 2.52. The molecule has 0 aromatic heterocycles. The van der Waals surface area contributed by atoms with Crippen LogP contribution in [-0.4, -0.2) is 23.9 Å². The molecule has 0 aliphatic carbocycles. The van der Waals surface area contributed by atoms with E-state index in [9.17, 15) is 4.79 Å². The largest absolute Gasteiger partial charge is 0.374 e.